The van der Waals surface area contributed by atoms with Gasteiger partial charge < -0.3 is 4.74 Å². The molecule has 0 aliphatic carbocycles. The van der Waals surface area contributed by atoms with E-state index in [1.165, 1.54) is 0 Å². The summed E-state index contributed by atoms with van der Waals surface area (Å²) in [4.78, 5) is 19.0. The summed E-state index contributed by atoms with van der Waals surface area (Å²) in [6.07, 6.45) is 2.55. The molecule has 0 bridgehead atoms. The van der Waals surface area contributed by atoms with Crippen molar-refractivity contribution in [1.29, 1.82) is 0 Å². The van der Waals surface area contributed by atoms with Crippen LogP contribution in [0.4, 0.5) is 10.6 Å². The van der Waals surface area contributed by atoms with Crippen molar-refractivity contribution in [3.05, 3.63) is 29.4 Å². The van der Waals surface area contributed by atoms with E-state index in [-0.39, 0.29) is 0 Å². The van der Waals surface area contributed by atoms with Crippen LogP contribution in [0, 0.1) is 0 Å². The molecule has 27 heavy (non-hydrogen) atoms. The number of nitrogens with zero attached hydrogens (tertiary/aromatic N) is 3. The summed E-state index contributed by atoms with van der Waals surface area (Å²) in [7, 11) is 0. The average molecular weight is 389 g/mol. The number of amides is 1. The van der Waals surface area contributed by atoms with E-state index in [9.17, 15) is 4.79 Å². The zero-order chi connectivity index (χ0) is 19.6. The molecule has 0 aliphatic rings. The number of benzene rings is 1. The van der Waals surface area contributed by atoms with Crippen LogP contribution < -0.4 is 4.90 Å². The van der Waals surface area contributed by atoms with Gasteiger partial charge in [0.05, 0.1) is 10.9 Å². The number of fused-ring (bicyclic) bond motifs is 3. The van der Waals surface area contributed by atoms with E-state index in [1.54, 1.807) is 4.90 Å². The molecule has 0 radical (unpaired) electrons. The van der Waals surface area contributed by atoms with Crippen molar-refractivity contribution >= 4 is 45.3 Å². The molecule has 6 nitrogen and oxygen atoms in total. The second kappa shape index (κ2) is 7.72. The molecular formula is C20H25ClN4O2. The first kappa shape index (κ1) is 19.4. The third-order valence-electron chi connectivity index (χ3n) is 4.20. The summed E-state index contributed by atoms with van der Waals surface area (Å²) in [5, 5.41) is 9.31. The fraction of sp³-hybridized carbons (Fsp3) is 0.450. The maximum atomic E-state index is 12.9. The smallest absolute Gasteiger partial charge is 0.416 e. The molecule has 0 unspecified atom stereocenters. The van der Waals surface area contributed by atoms with Crippen LogP contribution in [-0.2, 0) is 4.74 Å². The van der Waals surface area contributed by atoms with Gasteiger partial charge in [0.2, 0.25) is 0 Å². The lowest BCUT2D eigenvalue weighted by Gasteiger charge is -2.26. The van der Waals surface area contributed by atoms with Crippen LogP contribution in [0.25, 0.3) is 21.8 Å². The van der Waals surface area contributed by atoms with E-state index in [4.69, 9.17) is 16.3 Å². The lowest BCUT2D eigenvalue weighted by molar-refractivity contribution is 0.0579. The molecular weight excluding hydrogens is 364 g/mol. The lowest BCUT2D eigenvalue weighted by Crippen LogP contribution is -2.38. The van der Waals surface area contributed by atoms with Crippen LogP contribution in [0.15, 0.2) is 24.3 Å². The minimum atomic E-state index is -0.586. The maximum Gasteiger partial charge on any atom is 0.416 e. The highest BCUT2D eigenvalue weighted by Gasteiger charge is 2.27. The van der Waals surface area contributed by atoms with Gasteiger partial charge in [-0.1, -0.05) is 49.6 Å². The summed E-state index contributed by atoms with van der Waals surface area (Å²) >= 11 is 6.34. The minimum absolute atomic E-state index is 0.309. The number of nitrogens with one attached hydrogen (secondary N) is 1. The highest BCUT2D eigenvalue weighted by atomic mass is 35.5. The fourth-order valence-corrected chi connectivity index (χ4v) is 3.23. The Morgan fingerprint density at radius 2 is 2.00 bits per heavy atom. The molecule has 1 N–H and O–H groups in total. The number of unbranched alkanes of at least 4 members (excludes halogenated alkanes) is 2. The minimum Gasteiger partial charge on any atom is -0.443 e. The Bertz CT molecular complexity index is 962. The molecule has 0 spiro atoms. The number of hydrogen-bond donors (Lipinski definition) is 1. The van der Waals surface area contributed by atoms with E-state index in [0.717, 1.165) is 35.6 Å². The highest BCUT2D eigenvalue weighted by molar-refractivity contribution is 6.36. The van der Waals surface area contributed by atoms with Crippen LogP contribution in [0.3, 0.4) is 0 Å². The van der Waals surface area contributed by atoms with Gasteiger partial charge in [-0.3, -0.25) is 10.00 Å². The molecule has 0 atom stereocenters. The first-order valence-corrected chi connectivity index (χ1v) is 9.62. The Balaban J connectivity index is 2.13. The van der Waals surface area contributed by atoms with Gasteiger partial charge in [0, 0.05) is 11.9 Å². The van der Waals surface area contributed by atoms with Crippen LogP contribution in [0.5, 0.6) is 0 Å². The number of H-pyrrole nitrogens is 1. The zero-order valence-electron chi connectivity index (χ0n) is 16.2. The first-order valence-electron chi connectivity index (χ1n) is 9.24. The second-order valence-electron chi connectivity index (χ2n) is 7.55. The van der Waals surface area contributed by atoms with E-state index in [1.807, 2.05) is 45.0 Å². The third-order valence-corrected chi connectivity index (χ3v) is 4.47. The number of carbonyl (C=O) groups excluding carboxylic acids is 1. The summed E-state index contributed by atoms with van der Waals surface area (Å²) in [5.41, 5.74) is 0.724. The number of para-hydroxylation sites is 1. The Labute approximate surface area is 163 Å². The van der Waals surface area contributed by atoms with Crippen LogP contribution in [0.1, 0.15) is 47.0 Å². The number of anilines is 1. The molecule has 1 amide bonds. The number of hydrogen-bond acceptors (Lipinski definition) is 4. The molecule has 2 heterocycles. The number of carbonyl (C=O) groups is 1. The molecule has 0 saturated carbocycles. The van der Waals surface area contributed by atoms with E-state index in [2.05, 4.69) is 22.1 Å². The summed E-state index contributed by atoms with van der Waals surface area (Å²) < 4.78 is 5.64. The standard InChI is InChI=1S/C20H25ClN4O2/c1-5-6-9-12-25(19(26)27-20(2,3)4)18-15-13-10-7-8-11-14(13)22-17(21)16(15)23-24-18/h7-8,10-11H,5-6,9,12H2,1-4H3,(H,23,24). The average Bonchev–Trinajstić information content (AvgIpc) is 3.03. The van der Waals surface area contributed by atoms with Crippen molar-refractivity contribution in [3.8, 4) is 0 Å². The molecule has 2 aromatic heterocycles. The fourth-order valence-electron chi connectivity index (χ4n) is 3.01. The van der Waals surface area contributed by atoms with Gasteiger partial charge >= 0.3 is 6.09 Å². The largest absolute Gasteiger partial charge is 0.443 e. The topological polar surface area (TPSA) is 71.1 Å². The number of ether oxygens (including phenoxy) is 1. The van der Waals surface area contributed by atoms with Gasteiger partial charge in [-0.2, -0.15) is 5.10 Å². The normalized spacial score (nSPS) is 11.9. The van der Waals surface area contributed by atoms with Crippen LogP contribution >= 0.6 is 11.6 Å². The molecule has 3 rings (SSSR count). The molecule has 0 saturated heterocycles. The van der Waals surface area contributed by atoms with Gasteiger partial charge in [-0.05, 0) is 33.3 Å². The van der Waals surface area contributed by atoms with Crippen LogP contribution in [0.2, 0.25) is 5.15 Å². The Hall–Kier alpha value is -2.34. The summed E-state index contributed by atoms with van der Waals surface area (Å²) in [5.74, 6) is 0.593. The van der Waals surface area contributed by atoms with Gasteiger partial charge in [0.15, 0.2) is 5.15 Å². The number of rotatable bonds is 5. The van der Waals surface area contributed by atoms with Gasteiger partial charge in [-0.25, -0.2) is 9.78 Å². The van der Waals surface area contributed by atoms with Crippen molar-refractivity contribution in [2.45, 2.75) is 52.6 Å². The quantitative estimate of drug-likeness (QED) is 0.449. The summed E-state index contributed by atoms with van der Waals surface area (Å²) in [6, 6.07) is 7.69. The Morgan fingerprint density at radius 1 is 1.26 bits per heavy atom. The third kappa shape index (κ3) is 4.16. The van der Waals surface area contributed by atoms with E-state index >= 15 is 0 Å². The van der Waals surface area contributed by atoms with Crippen molar-refractivity contribution in [2.24, 2.45) is 0 Å². The van der Waals surface area contributed by atoms with Gasteiger partial charge in [0.25, 0.3) is 0 Å². The molecule has 7 heteroatoms. The van der Waals surface area contributed by atoms with E-state index in [0.29, 0.717) is 23.0 Å². The molecule has 3 aromatic rings. The lowest BCUT2D eigenvalue weighted by atomic mass is 10.1. The SMILES string of the molecule is CCCCCN(C(=O)OC(C)(C)C)c1[nH]nc2c(Cl)nc3ccccc3c12. The van der Waals surface area contributed by atoms with Gasteiger partial charge in [-0.15, -0.1) is 0 Å². The second-order valence-corrected chi connectivity index (χ2v) is 7.91. The number of aromatic amines is 1. The van der Waals surface area contributed by atoms with Crippen molar-refractivity contribution in [2.75, 3.05) is 11.4 Å². The number of halogens is 1. The molecule has 144 valence electrons. The molecule has 0 fully saturated rings. The predicted octanol–water partition coefficient (Wildman–Crippen LogP) is 5.70. The first-order chi connectivity index (χ1) is 12.8. The Morgan fingerprint density at radius 3 is 2.70 bits per heavy atom. The van der Waals surface area contributed by atoms with Crippen molar-refractivity contribution in [1.82, 2.24) is 15.2 Å². The van der Waals surface area contributed by atoms with Crippen molar-refractivity contribution in [3.63, 3.8) is 0 Å². The van der Waals surface area contributed by atoms with Crippen molar-refractivity contribution < 1.29 is 9.53 Å². The monoisotopic (exact) mass is 388 g/mol. The predicted molar refractivity (Wildman–Crippen MR) is 110 cm³/mol. The number of aromatic nitrogens is 3. The Kier molecular flexibility index (Phi) is 5.56. The maximum absolute atomic E-state index is 12.9. The molecule has 0 aliphatic heterocycles. The number of pyridine rings is 1. The summed E-state index contributed by atoms with van der Waals surface area (Å²) in [6.45, 7) is 8.24. The van der Waals surface area contributed by atoms with Crippen LogP contribution in [-0.4, -0.2) is 33.4 Å². The zero-order valence-corrected chi connectivity index (χ0v) is 16.9. The van der Waals surface area contributed by atoms with Gasteiger partial charge in [0.1, 0.15) is 16.9 Å². The van der Waals surface area contributed by atoms with E-state index < -0.39 is 11.7 Å². The highest BCUT2D eigenvalue weighted by Crippen LogP contribution is 2.35. The molecule has 1 aromatic carbocycles.